The first-order valence-corrected chi connectivity index (χ1v) is 7.63. The van der Waals surface area contributed by atoms with Gasteiger partial charge in [-0.2, -0.15) is 0 Å². The Labute approximate surface area is 132 Å². The lowest BCUT2D eigenvalue weighted by Crippen LogP contribution is -2.17. The molecule has 4 heteroatoms. The molecule has 0 atom stereocenters. The van der Waals surface area contributed by atoms with Crippen molar-refractivity contribution in [1.29, 1.82) is 0 Å². The van der Waals surface area contributed by atoms with Crippen LogP contribution in [0.1, 0.15) is 42.4 Å². The number of carbonyl (C=O) groups is 1. The largest absolute Gasteiger partial charge is 0.383 e. The quantitative estimate of drug-likeness (QED) is 0.876. The second kappa shape index (κ2) is 7.07. The molecule has 1 aromatic heterocycles. The second-order valence-electron chi connectivity index (χ2n) is 5.65. The molecule has 0 aliphatic rings. The number of carbonyl (C=O) groups excluding carboxylic acids is 1. The van der Waals surface area contributed by atoms with Gasteiger partial charge in [0.15, 0.2) is 0 Å². The Bertz CT molecular complexity index is 665. The summed E-state index contributed by atoms with van der Waals surface area (Å²) >= 11 is 0. The number of benzene rings is 1. The van der Waals surface area contributed by atoms with Crippen molar-refractivity contribution in [2.45, 2.75) is 40.2 Å². The summed E-state index contributed by atoms with van der Waals surface area (Å²) in [5, 5.41) is 6.28. The minimum Gasteiger partial charge on any atom is -0.383 e. The van der Waals surface area contributed by atoms with Gasteiger partial charge in [0.2, 0.25) is 0 Å². The SMILES string of the molecule is CCc1cccc(C)c1NC(=O)c1cc(NC(C)C)ccn1. The maximum Gasteiger partial charge on any atom is 0.274 e. The molecule has 0 radical (unpaired) electrons. The van der Waals surface area contributed by atoms with Gasteiger partial charge >= 0.3 is 0 Å². The topological polar surface area (TPSA) is 54.0 Å². The molecule has 1 amide bonds. The number of aryl methyl sites for hydroxylation is 2. The zero-order chi connectivity index (χ0) is 16.1. The third-order valence-corrected chi connectivity index (χ3v) is 3.43. The van der Waals surface area contributed by atoms with E-state index in [1.54, 1.807) is 12.3 Å². The van der Waals surface area contributed by atoms with E-state index in [-0.39, 0.29) is 5.91 Å². The molecule has 0 aliphatic carbocycles. The van der Waals surface area contributed by atoms with Gasteiger partial charge < -0.3 is 10.6 Å². The van der Waals surface area contributed by atoms with Crippen LogP contribution in [0, 0.1) is 6.92 Å². The molecule has 1 heterocycles. The first-order valence-electron chi connectivity index (χ1n) is 7.63. The van der Waals surface area contributed by atoms with Crippen LogP contribution in [0.15, 0.2) is 36.5 Å². The second-order valence-corrected chi connectivity index (χ2v) is 5.65. The van der Waals surface area contributed by atoms with Gasteiger partial charge in [0, 0.05) is 23.6 Å². The fraction of sp³-hybridized carbons (Fsp3) is 0.333. The van der Waals surface area contributed by atoms with Gasteiger partial charge in [-0.15, -0.1) is 0 Å². The van der Waals surface area contributed by atoms with Gasteiger partial charge in [-0.1, -0.05) is 25.1 Å². The number of amides is 1. The van der Waals surface area contributed by atoms with Crippen LogP contribution in [-0.2, 0) is 6.42 Å². The molecule has 22 heavy (non-hydrogen) atoms. The summed E-state index contributed by atoms with van der Waals surface area (Å²) in [6.07, 6.45) is 2.53. The van der Waals surface area contributed by atoms with E-state index in [1.807, 2.05) is 31.2 Å². The third-order valence-electron chi connectivity index (χ3n) is 3.43. The van der Waals surface area contributed by atoms with Crippen molar-refractivity contribution in [2.75, 3.05) is 10.6 Å². The highest BCUT2D eigenvalue weighted by atomic mass is 16.1. The van der Waals surface area contributed by atoms with E-state index in [9.17, 15) is 4.79 Å². The number of hydrogen-bond acceptors (Lipinski definition) is 3. The molecule has 0 spiro atoms. The van der Waals surface area contributed by atoms with Gasteiger partial charge in [0.1, 0.15) is 5.69 Å². The average molecular weight is 297 g/mol. The molecule has 0 bridgehead atoms. The average Bonchev–Trinajstić information content (AvgIpc) is 2.48. The minimum absolute atomic E-state index is 0.184. The number of nitrogens with zero attached hydrogens (tertiary/aromatic N) is 1. The van der Waals surface area contributed by atoms with Crippen molar-refractivity contribution in [3.63, 3.8) is 0 Å². The van der Waals surface area contributed by atoms with Gasteiger partial charge in [0.05, 0.1) is 0 Å². The fourth-order valence-corrected chi connectivity index (χ4v) is 2.36. The number of nitrogens with one attached hydrogen (secondary N) is 2. The summed E-state index contributed by atoms with van der Waals surface area (Å²) in [6.45, 7) is 8.19. The number of rotatable bonds is 5. The van der Waals surface area contributed by atoms with Crippen molar-refractivity contribution < 1.29 is 4.79 Å². The number of aromatic nitrogens is 1. The molecule has 2 aromatic rings. The highest BCUT2D eigenvalue weighted by Gasteiger charge is 2.12. The summed E-state index contributed by atoms with van der Waals surface area (Å²) < 4.78 is 0. The van der Waals surface area contributed by atoms with Crippen LogP contribution >= 0.6 is 0 Å². The Hall–Kier alpha value is -2.36. The maximum absolute atomic E-state index is 12.5. The minimum atomic E-state index is -0.184. The zero-order valence-electron chi connectivity index (χ0n) is 13.6. The lowest BCUT2D eigenvalue weighted by molar-refractivity contribution is 0.102. The highest BCUT2D eigenvalue weighted by molar-refractivity contribution is 6.04. The molecule has 2 rings (SSSR count). The molecule has 0 aliphatic heterocycles. The summed E-state index contributed by atoms with van der Waals surface area (Å²) in [4.78, 5) is 16.6. The van der Waals surface area contributed by atoms with Crippen molar-refractivity contribution in [1.82, 2.24) is 4.98 Å². The standard InChI is InChI=1S/C18H23N3O/c1-5-14-8-6-7-13(4)17(14)21-18(22)16-11-15(9-10-19-16)20-12(2)3/h6-12H,5H2,1-4H3,(H,19,20)(H,21,22). The number of hydrogen-bond donors (Lipinski definition) is 2. The van der Waals surface area contributed by atoms with Gasteiger partial charge in [-0.05, 0) is 50.5 Å². The van der Waals surface area contributed by atoms with Crippen molar-refractivity contribution in [3.8, 4) is 0 Å². The van der Waals surface area contributed by atoms with Gasteiger partial charge in [-0.25, -0.2) is 0 Å². The van der Waals surface area contributed by atoms with Gasteiger partial charge in [0.25, 0.3) is 5.91 Å². The number of pyridine rings is 1. The molecular formula is C18H23N3O. The summed E-state index contributed by atoms with van der Waals surface area (Å²) in [7, 11) is 0. The zero-order valence-corrected chi connectivity index (χ0v) is 13.6. The molecule has 0 fully saturated rings. The summed E-state index contributed by atoms with van der Waals surface area (Å²) in [5.41, 5.74) is 4.39. The van der Waals surface area contributed by atoms with Crippen LogP contribution in [0.3, 0.4) is 0 Å². The number of para-hydroxylation sites is 1. The molecule has 0 saturated carbocycles. The Morgan fingerprint density at radius 1 is 1.27 bits per heavy atom. The maximum atomic E-state index is 12.5. The van der Waals surface area contributed by atoms with E-state index in [4.69, 9.17) is 0 Å². The van der Waals surface area contributed by atoms with Crippen LogP contribution in [0.5, 0.6) is 0 Å². The molecule has 0 unspecified atom stereocenters. The third kappa shape index (κ3) is 3.85. The monoisotopic (exact) mass is 297 g/mol. The predicted molar refractivity (Wildman–Crippen MR) is 91.5 cm³/mol. The van der Waals surface area contributed by atoms with E-state index >= 15 is 0 Å². The van der Waals surface area contributed by atoms with Gasteiger partial charge in [-0.3, -0.25) is 9.78 Å². The van der Waals surface area contributed by atoms with E-state index < -0.39 is 0 Å². The van der Waals surface area contributed by atoms with Crippen LogP contribution in [0.25, 0.3) is 0 Å². The first-order chi connectivity index (χ1) is 10.5. The smallest absolute Gasteiger partial charge is 0.274 e. The van der Waals surface area contributed by atoms with E-state index in [0.29, 0.717) is 11.7 Å². The normalized spacial score (nSPS) is 10.6. The van der Waals surface area contributed by atoms with Crippen molar-refractivity contribution in [2.24, 2.45) is 0 Å². The highest BCUT2D eigenvalue weighted by Crippen LogP contribution is 2.22. The molecular weight excluding hydrogens is 274 g/mol. The first kappa shape index (κ1) is 16.0. The van der Waals surface area contributed by atoms with Crippen molar-refractivity contribution in [3.05, 3.63) is 53.3 Å². The summed E-state index contributed by atoms with van der Waals surface area (Å²) in [5.74, 6) is -0.184. The van der Waals surface area contributed by atoms with Crippen LogP contribution in [-0.4, -0.2) is 16.9 Å². The van der Waals surface area contributed by atoms with Crippen molar-refractivity contribution >= 4 is 17.3 Å². The summed E-state index contributed by atoms with van der Waals surface area (Å²) in [6, 6.07) is 9.99. The number of anilines is 2. The molecule has 0 saturated heterocycles. The van der Waals surface area contributed by atoms with E-state index in [1.165, 1.54) is 0 Å². The Balaban J connectivity index is 2.23. The van der Waals surface area contributed by atoms with Crippen LogP contribution in [0.4, 0.5) is 11.4 Å². The lowest BCUT2D eigenvalue weighted by Gasteiger charge is -2.14. The van der Waals surface area contributed by atoms with E-state index in [2.05, 4.69) is 36.4 Å². The van der Waals surface area contributed by atoms with E-state index in [0.717, 1.165) is 28.9 Å². The molecule has 1 aromatic carbocycles. The predicted octanol–water partition coefficient (Wildman–Crippen LogP) is 4.03. The Morgan fingerprint density at radius 3 is 2.73 bits per heavy atom. The molecule has 116 valence electrons. The van der Waals surface area contributed by atoms with Crippen LogP contribution in [0.2, 0.25) is 0 Å². The molecule has 2 N–H and O–H groups in total. The lowest BCUT2D eigenvalue weighted by atomic mass is 10.1. The Morgan fingerprint density at radius 2 is 2.05 bits per heavy atom. The van der Waals surface area contributed by atoms with Crippen LogP contribution < -0.4 is 10.6 Å². The Kier molecular flexibility index (Phi) is 5.15. The molecule has 4 nitrogen and oxygen atoms in total. The fourth-order valence-electron chi connectivity index (χ4n) is 2.36.